The quantitative estimate of drug-likeness (QED) is 0.528. The highest BCUT2D eigenvalue weighted by Crippen LogP contribution is 2.39. The first-order chi connectivity index (χ1) is 16.0. The largest absolute Gasteiger partial charge is 0.378 e. The van der Waals surface area contributed by atoms with Crippen molar-refractivity contribution in [2.75, 3.05) is 27.6 Å². The van der Waals surface area contributed by atoms with Crippen molar-refractivity contribution in [3.8, 4) is 0 Å². The summed E-state index contributed by atoms with van der Waals surface area (Å²) in [6, 6.07) is 0. The van der Waals surface area contributed by atoms with Crippen molar-refractivity contribution in [2.45, 2.75) is 94.6 Å². The maximum absolute atomic E-state index is 13.2. The molecular weight excluding hydrogens is 450 g/mol. The van der Waals surface area contributed by atoms with Crippen LogP contribution in [-0.4, -0.2) is 99.2 Å². The normalized spacial score (nSPS) is 45.1. The number of fused-ring (bicyclic) bond motifs is 2. The first-order valence-corrected chi connectivity index (χ1v) is 11.6. The highest BCUT2D eigenvalue weighted by atomic mass is 16.8. The highest BCUT2D eigenvalue weighted by molar-refractivity contribution is 5.82. The molecule has 0 aromatic rings. The molecule has 0 aromatic heterocycles. The Labute approximate surface area is 199 Å². The van der Waals surface area contributed by atoms with Gasteiger partial charge in [0.2, 0.25) is 5.79 Å². The lowest BCUT2D eigenvalue weighted by atomic mass is 9.85. The summed E-state index contributed by atoms with van der Waals surface area (Å²) in [5.74, 6) is -3.00. The van der Waals surface area contributed by atoms with Crippen molar-refractivity contribution in [3.63, 3.8) is 0 Å². The van der Waals surface area contributed by atoms with Crippen LogP contribution in [0.5, 0.6) is 0 Å². The Balaban J connectivity index is 1.48. The average molecular weight is 488 g/mol. The zero-order valence-electron chi connectivity index (χ0n) is 20.6. The van der Waals surface area contributed by atoms with Gasteiger partial charge in [-0.1, -0.05) is 19.1 Å². The van der Waals surface area contributed by atoms with Crippen molar-refractivity contribution in [1.29, 1.82) is 0 Å². The second-order valence-electron chi connectivity index (χ2n) is 9.84. The molecule has 34 heavy (non-hydrogen) atoms. The zero-order valence-corrected chi connectivity index (χ0v) is 20.6. The number of carbonyl (C=O) groups is 1. The average Bonchev–Trinajstić information content (AvgIpc) is 2.80. The molecule has 10 atom stereocenters. The summed E-state index contributed by atoms with van der Waals surface area (Å²) in [7, 11) is 2.97. The van der Waals surface area contributed by atoms with Crippen LogP contribution in [0.15, 0.2) is 12.2 Å². The SMILES string of the molecule is C=C1C[C@](OC)([C@H](O)C(=O)N[C@@H]2OCO[C@H]3[C@@H]2O[C@@H]2COC(C)(C)OC2[C@@H]3OC)O[C@H](C)[C@@H]1C. The Morgan fingerprint density at radius 2 is 1.91 bits per heavy atom. The monoisotopic (exact) mass is 487 g/mol. The molecule has 1 unspecified atom stereocenters. The van der Waals surface area contributed by atoms with Crippen LogP contribution in [0.3, 0.4) is 0 Å². The van der Waals surface area contributed by atoms with E-state index < -0.39 is 60.3 Å². The van der Waals surface area contributed by atoms with Gasteiger partial charge in [-0.05, 0) is 20.8 Å². The number of nitrogens with one attached hydrogen (secondary N) is 1. The summed E-state index contributed by atoms with van der Waals surface area (Å²) in [6.07, 6.45) is -5.29. The Morgan fingerprint density at radius 3 is 2.56 bits per heavy atom. The highest BCUT2D eigenvalue weighted by Gasteiger charge is 2.57. The first-order valence-electron chi connectivity index (χ1n) is 11.6. The minimum absolute atomic E-state index is 0.0672. The van der Waals surface area contributed by atoms with E-state index in [1.165, 1.54) is 7.11 Å². The lowest BCUT2D eigenvalue weighted by Gasteiger charge is -2.53. The molecule has 11 nitrogen and oxygen atoms in total. The number of methoxy groups -OCH3 is 2. The van der Waals surface area contributed by atoms with Crippen LogP contribution >= 0.6 is 0 Å². The summed E-state index contributed by atoms with van der Waals surface area (Å²) >= 11 is 0. The van der Waals surface area contributed by atoms with E-state index in [-0.39, 0.29) is 31.8 Å². The molecule has 0 radical (unpaired) electrons. The molecule has 4 heterocycles. The number of aliphatic hydroxyl groups is 1. The third kappa shape index (κ3) is 4.65. The first kappa shape index (κ1) is 25.9. The Morgan fingerprint density at radius 1 is 1.18 bits per heavy atom. The number of carbonyl (C=O) groups excluding carboxylic acids is 1. The Hall–Kier alpha value is -1.15. The lowest BCUT2D eigenvalue weighted by Crippen LogP contribution is -2.71. The van der Waals surface area contributed by atoms with Crippen LogP contribution in [0.2, 0.25) is 0 Å². The van der Waals surface area contributed by atoms with E-state index in [1.807, 2.05) is 27.7 Å². The number of hydrogen-bond acceptors (Lipinski definition) is 10. The molecule has 4 fully saturated rings. The van der Waals surface area contributed by atoms with Gasteiger partial charge in [-0.2, -0.15) is 0 Å². The minimum Gasteiger partial charge on any atom is -0.378 e. The lowest BCUT2D eigenvalue weighted by molar-refractivity contribution is -0.387. The molecule has 194 valence electrons. The van der Waals surface area contributed by atoms with Gasteiger partial charge >= 0.3 is 0 Å². The summed E-state index contributed by atoms with van der Waals surface area (Å²) in [5, 5.41) is 13.7. The number of aliphatic hydroxyl groups excluding tert-OH is 1. The molecule has 0 aromatic carbocycles. The fourth-order valence-corrected chi connectivity index (χ4v) is 5.05. The summed E-state index contributed by atoms with van der Waals surface area (Å²) in [5.41, 5.74) is 0.833. The second kappa shape index (κ2) is 9.72. The fourth-order valence-electron chi connectivity index (χ4n) is 5.05. The number of ether oxygens (including phenoxy) is 8. The van der Waals surface area contributed by atoms with E-state index in [0.29, 0.717) is 0 Å². The summed E-state index contributed by atoms with van der Waals surface area (Å²) in [4.78, 5) is 13.2. The standard InChI is InChI=1S/C23H37NO10/c1-11-8-23(28-7,33-13(3)12(11)2)19(25)20(26)24-21-18-17(29-10-30-21)16(27-6)15-14(32-18)9-31-22(4,5)34-15/h12-19,21,25H,1,8-10H2,2-7H3,(H,24,26)/t12-,13-,14-,15?,16+,17-,18+,19-,21-,23-/m1/s1. The number of hydrogen-bond donors (Lipinski definition) is 2. The van der Waals surface area contributed by atoms with E-state index in [1.54, 1.807) is 7.11 Å². The molecule has 0 spiro atoms. The molecular formula is C23H37NO10. The Bertz CT molecular complexity index is 777. The van der Waals surface area contributed by atoms with Crippen molar-refractivity contribution in [1.82, 2.24) is 5.32 Å². The van der Waals surface area contributed by atoms with Crippen LogP contribution in [-0.2, 0) is 42.7 Å². The predicted octanol–water partition coefficient (Wildman–Crippen LogP) is 0.440. The molecule has 4 rings (SSSR count). The smallest absolute Gasteiger partial charge is 0.256 e. The van der Waals surface area contributed by atoms with Crippen molar-refractivity contribution < 1.29 is 47.8 Å². The molecule has 1 amide bonds. The molecule has 4 aliphatic heterocycles. The van der Waals surface area contributed by atoms with Gasteiger partial charge in [0.25, 0.3) is 5.91 Å². The van der Waals surface area contributed by atoms with E-state index in [9.17, 15) is 9.90 Å². The molecule has 0 bridgehead atoms. The summed E-state index contributed by atoms with van der Waals surface area (Å²) < 4.78 is 46.7. The van der Waals surface area contributed by atoms with Gasteiger partial charge in [0, 0.05) is 26.6 Å². The van der Waals surface area contributed by atoms with E-state index >= 15 is 0 Å². The predicted molar refractivity (Wildman–Crippen MR) is 116 cm³/mol. The number of amides is 1. The van der Waals surface area contributed by atoms with Crippen LogP contribution in [0.25, 0.3) is 0 Å². The van der Waals surface area contributed by atoms with Crippen LogP contribution in [0.4, 0.5) is 0 Å². The van der Waals surface area contributed by atoms with E-state index in [4.69, 9.17) is 37.9 Å². The second-order valence-corrected chi connectivity index (χ2v) is 9.84. The third-order valence-electron chi connectivity index (χ3n) is 7.27. The van der Waals surface area contributed by atoms with Crippen molar-refractivity contribution in [3.05, 3.63) is 12.2 Å². The summed E-state index contributed by atoms with van der Waals surface area (Å²) in [6.45, 7) is 11.7. The van der Waals surface area contributed by atoms with Crippen LogP contribution < -0.4 is 5.32 Å². The molecule has 2 N–H and O–H groups in total. The van der Waals surface area contributed by atoms with Gasteiger partial charge in [-0.25, -0.2) is 0 Å². The maximum Gasteiger partial charge on any atom is 0.256 e. The van der Waals surface area contributed by atoms with Crippen molar-refractivity contribution >= 4 is 5.91 Å². The van der Waals surface area contributed by atoms with Crippen LogP contribution in [0.1, 0.15) is 34.1 Å². The van der Waals surface area contributed by atoms with Gasteiger partial charge in [-0.15, -0.1) is 0 Å². The Kier molecular flexibility index (Phi) is 7.41. The fraction of sp³-hybridized carbons (Fsp3) is 0.870. The van der Waals surface area contributed by atoms with Gasteiger partial charge in [0.15, 0.2) is 18.1 Å². The molecule has 0 aliphatic carbocycles. The van der Waals surface area contributed by atoms with Crippen molar-refractivity contribution in [2.24, 2.45) is 5.92 Å². The molecule has 11 heteroatoms. The molecule has 4 saturated heterocycles. The molecule has 4 aliphatic rings. The van der Waals surface area contributed by atoms with Gasteiger partial charge < -0.3 is 48.3 Å². The topological polar surface area (TPSA) is 123 Å². The minimum atomic E-state index is -1.63. The van der Waals surface area contributed by atoms with Gasteiger partial charge in [0.05, 0.1) is 12.7 Å². The van der Waals surface area contributed by atoms with Gasteiger partial charge in [-0.3, -0.25) is 4.79 Å². The zero-order chi connectivity index (χ0) is 24.8. The maximum atomic E-state index is 13.2. The molecule has 0 saturated carbocycles. The third-order valence-corrected chi connectivity index (χ3v) is 7.27. The number of rotatable bonds is 5. The van der Waals surface area contributed by atoms with Gasteiger partial charge in [0.1, 0.15) is 37.3 Å². The van der Waals surface area contributed by atoms with E-state index in [2.05, 4.69) is 11.9 Å². The van der Waals surface area contributed by atoms with E-state index in [0.717, 1.165) is 5.57 Å². The van der Waals surface area contributed by atoms with Crippen LogP contribution in [0, 0.1) is 5.92 Å².